The number of benzene rings is 6. The lowest BCUT2D eigenvalue weighted by Gasteiger charge is -2.11. The third-order valence-electron chi connectivity index (χ3n) is 8.12. The number of hydrogen-bond donors (Lipinski definition) is 0. The molecule has 3 aromatic heterocycles. The zero-order valence-electron chi connectivity index (χ0n) is 21.0. The zero-order chi connectivity index (χ0) is 25.5. The number of hydrogen-bond acceptors (Lipinski definition) is 1. The summed E-state index contributed by atoms with van der Waals surface area (Å²) in [5.41, 5.74) is 7.38. The molecular formula is C36H22N2S. The van der Waals surface area contributed by atoms with Gasteiger partial charge in [0.15, 0.2) is 0 Å². The van der Waals surface area contributed by atoms with Crippen LogP contribution in [0.5, 0.6) is 0 Å². The van der Waals surface area contributed by atoms with Crippen LogP contribution in [0.25, 0.3) is 75.2 Å². The Bertz CT molecular complexity index is 2290. The van der Waals surface area contributed by atoms with E-state index in [4.69, 9.17) is 0 Å². The van der Waals surface area contributed by atoms with Crippen LogP contribution in [0, 0.1) is 0 Å². The highest BCUT2D eigenvalue weighted by Crippen LogP contribution is 2.42. The first-order valence-electron chi connectivity index (χ1n) is 13.3. The van der Waals surface area contributed by atoms with Gasteiger partial charge in [0.2, 0.25) is 0 Å². The quantitative estimate of drug-likeness (QED) is 0.217. The van der Waals surface area contributed by atoms with Crippen molar-refractivity contribution in [2.45, 2.75) is 0 Å². The van der Waals surface area contributed by atoms with Crippen LogP contribution in [0.15, 0.2) is 133 Å². The molecule has 3 heterocycles. The van der Waals surface area contributed by atoms with Crippen LogP contribution >= 0.6 is 11.3 Å². The van der Waals surface area contributed by atoms with Crippen molar-refractivity contribution in [3.05, 3.63) is 133 Å². The minimum Gasteiger partial charge on any atom is -0.309 e. The molecule has 0 saturated carbocycles. The lowest BCUT2D eigenvalue weighted by atomic mass is 10.1. The molecule has 0 saturated heterocycles. The summed E-state index contributed by atoms with van der Waals surface area (Å²) in [4.78, 5) is 0. The number of aromatic nitrogens is 2. The molecule has 9 aromatic rings. The SMILES string of the molecule is c1cc(-n2c3ccccc3c3ccccc32)c2c(c1)sc1ccc(-n3c4ccccc4c4ccccc43)cc12. The Morgan fingerprint density at radius 3 is 1.46 bits per heavy atom. The molecule has 0 N–H and O–H groups in total. The first-order chi connectivity index (χ1) is 19.4. The van der Waals surface area contributed by atoms with E-state index in [1.165, 1.54) is 75.2 Å². The van der Waals surface area contributed by atoms with Crippen molar-refractivity contribution in [2.24, 2.45) is 0 Å². The maximum absolute atomic E-state index is 2.45. The van der Waals surface area contributed by atoms with E-state index in [0.29, 0.717) is 0 Å². The first kappa shape index (κ1) is 21.1. The van der Waals surface area contributed by atoms with Crippen LogP contribution in [-0.4, -0.2) is 9.13 Å². The maximum atomic E-state index is 2.45. The fourth-order valence-corrected chi connectivity index (χ4v) is 7.61. The molecule has 0 aliphatic carbocycles. The van der Waals surface area contributed by atoms with E-state index in [1.54, 1.807) is 0 Å². The Hall–Kier alpha value is -4.86. The van der Waals surface area contributed by atoms with E-state index >= 15 is 0 Å². The Labute approximate surface area is 228 Å². The van der Waals surface area contributed by atoms with Crippen LogP contribution in [0.1, 0.15) is 0 Å². The van der Waals surface area contributed by atoms with E-state index in [1.807, 2.05) is 11.3 Å². The van der Waals surface area contributed by atoms with Crippen molar-refractivity contribution >= 4 is 75.1 Å². The summed E-state index contributed by atoms with van der Waals surface area (Å²) in [6.07, 6.45) is 0. The summed E-state index contributed by atoms with van der Waals surface area (Å²) >= 11 is 1.87. The van der Waals surface area contributed by atoms with E-state index in [2.05, 4.69) is 143 Å². The molecule has 0 aliphatic heterocycles. The molecule has 0 fully saturated rings. The molecule has 0 atom stereocenters. The summed E-state index contributed by atoms with van der Waals surface area (Å²) in [5.74, 6) is 0. The van der Waals surface area contributed by atoms with Gasteiger partial charge < -0.3 is 9.13 Å². The molecule has 0 amide bonds. The Balaban J connectivity index is 1.40. The van der Waals surface area contributed by atoms with Gasteiger partial charge in [-0.15, -0.1) is 11.3 Å². The van der Waals surface area contributed by atoms with Crippen LogP contribution in [0.4, 0.5) is 0 Å². The Kier molecular flexibility index (Phi) is 4.24. The van der Waals surface area contributed by atoms with Gasteiger partial charge in [-0.1, -0.05) is 78.9 Å². The highest BCUT2D eigenvalue weighted by molar-refractivity contribution is 7.25. The average molecular weight is 515 g/mol. The molecule has 0 spiro atoms. The minimum absolute atomic E-state index is 1.19. The number of para-hydroxylation sites is 4. The topological polar surface area (TPSA) is 9.86 Å². The second kappa shape index (κ2) is 7.83. The maximum Gasteiger partial charge on any atom is 0.0555 e. The van der Waals surface area contributed by atoms with E-state index < -0.39 is 0 Å². The second-order valence-corrected chi connectivity index (χ2v) is 11.3. The van der Waals surface area contributed by atoms with Gasteiger partial charge in [0, 0.05) is 47.4 Å². The van der Waals surface area contributed by atoms with Gasteiger partial charge >= 0.3 is 0 Å². The number of fused-ring (bicyclic) bond motifs is 9. The summed E-state index contributed by atoms with van der Waals surface area (Å²) in [5, 5.41) is 7.76. The predicted molar refractivity (Wildman–Crippen MR) is 168 cm³/mol. The van der Waals surface area contributed by atoms with E-state index in [0.717, 1.165) is 0 Å². The summed E-state index contributed by atoms with van der Waals surface area (Å²) < 4.78 is 7.48. The van der Waals surface area contributed by atoms with Gasteiger partial charge in [-0.05, 0) is 54.6 Å². The smallest absolute Gasteiger partial charge is 0.0555 e. The van der Waals surface area contributed by atoms with Crippen molar-refractivity contribution in [3.8, 4) is 11.4 Å². The van der Waals surface area contributed by atoms with Crippen LogP contribution in [-0.2, 0) is 0 Å². The third kappa shape index (κ3) is 2.85. The van der Waals surface area contributed by atoms with Crippen molar-refractivity contribution in [2.75, 3.05) is 0 Å². The molecule has 9 rings (SSSR count). The van der Waals surface area contributed by atoms with Gasteiger partial charge in [-0.25, -0.2) is 0 Å². The van der Waals surface area contributed by atoms with Crippen LogP contribution < -0.4 is 0 Å². The first-order valence-corrected chi connectivity index (χ1v) is 14.1. The lowest BCUT2D eigenvalue weighted by molar-refractivity contribution is 1.19. The second-order valence-electron chi connectivity index (χ2n) is 10.2. The molecule has 2 nitrogen and oxygen atoms in total. The summed E-state index contributed by atoms with van der Waals surface area (Å²) in [7, 11) is 0. The molecule has 6 aromatic carbocycles. The Morgan fingerprint density at radius 1 is 0.385 bits per heavy atom. The molecule has 0 bridgehead atoms. The predicted octanol–water partition coefficient (Wildman–Crippen LogP) is 10.2. The monoisotopic (exact) mass is 514 g/mol. The van der Waals surface area contributed by atoms with Gasteiger partial charge in [-0.3, -0.25) is 0 Å². The molecule has 0 radical (unpaired) electrons. The van der Waals surface area contributed by atoms with Crippen molar-refractivity contribution in [1.29, 1.82) is 0 Å². The molecule has 39 heavy (non-hydrogen) atoms. The zero-order valence-corrected chi connectivity index (χ0v) is 21.8. The largest absolute Gasteiger partial charge is 0.309 e. The fraction of sp³-hybridized carbons (Fsp3) is 0. The van der Waals surface area contributed by atoms with Crippen molar-refractivity contribution < 1.29 is 0 Å². The number of rotatable bonds is 2. The Morgan fingerprint density at radius 2 is 0.897 bits per heavy atom. The van der Waals surface area contributed by atoms with Crippen molar-refractivity contribution in [3.63, 3.8) is 0 Å². The minimum atomic E-state index is 1.19. The van der Waals surface area contributed by atoms with E-state index in [-0.39, 0.29) is 0 Å². The van der Waals surface area contributed by atoms with Gasteiger partial charge in [0.25, 0.3) is 0 Å². The number of thiophene rings is 1. The van der Waals surface area contributed by atoms with Crippen LogP contribution in [0.3, 0.4) is 0 Å². The average Bonchev–Trinajstić information content (AvgIpc) is 3.64. The van der Waals surface area contributed by atoms with Gasteiger partial charge in [0.05, 0.1) is 27.8 Å². The standard InChI is InChI=1S/C36H22N2S/c1-5-14-29-24(10-1)25-11-2-6-15-30(25)37(29)23-20-21-34-28(22-23)36-33(18-9-19-35(36)39-34)38-31-16-7-3-12-26(31)27-13-4-8-17-32(27)38/h1-22H. The molecule has 182 valence electrons. The summed E-state index contributed by atoms with van der Waals surface area (Å²) in [6, 6.07) is 48.7. The molecule has 3 heteroatoms. The third-order valence-corrected chi connectivity index (χ3v) is 9.25. The lowest BCUT2D eigenvalue weighted by Crippen LogP contribution is -1.95. The molecule has 0 aliphatic rings. The summed E-state index contributed by atoms with van der Waals surface area (Å²) in [6.45, 7) is 0. The van der Waals surface area contributed by atoms with Crippen LogP contribution in [0.2, 0.25) is 0 Å². The highest BCUT2D eigenvalue weighted by atomic mass is 32.1. The van der Waals surface area contributed by atoms with E-state index in [9.17, 15) is 0 Å². The van der Waals surface area contributed by atoms with Gasteiger partial charge in [0.1, 0.15) is 0 Å². The number of nitrogens with zero attached hydrogens (tertiary/aromatic N) is 2. The normalized spacial score (nSPS) is 12.1. The van der Waals surface area contributed by atoms with Gasteiger partial charge in [-0.2, -0.15) is 0 Å². The van der Waals surface area contributed by atoms with Crippen molar-refractivity contribution in [1.82, 2.24) is 9.13 Å². The molecule has 0 unspecified atom stereocenters. The molecular weight excluding hydrogens is 492 g/mol. The highest BCUT2D eigenvalue weighted by Gasteiger charge is 2.18. The fourth-order valence-electron chi connectivity index (χ4n) is 6.50.